The molecule has 0 aromatic heterocycles. The summed E-state index contributed by atoms with van der Waals surface area (Å²) in [6, 6.07) is 12.3. The molecule has 24 heavy (non-hydrogen) atoms. The molecule has 2 aromatic carbocycles. The third-order valence-corrected chi connectivity index (χ3v) is 2.74. The quantitative estimate of drug-likeness (QED) is 0.830. The molecule has 0 aliphatic rings. The van der Waals surface area contributed by atoms with Crippen molar-refractivity contribution in [3.8, 4) is 23.7 Å². The lowest BCUT2D eigenvalue weighted by atomic mass is 10.1. The van der Waals surface area contributed by atoms with Crippen LogP contribution in [0, 0.1) is 23.7 Å². The molecule has 4 nitrogen and oxygen atoms in total. The first kappa shape index (κ1) is 18.5. The standard InChI is InChI=1S/C18H10O4.C2H6/c19-17(20)15-9-5-13(6-10-15)3-1-2-4-14-7-11-16(12-8-14)18(21)22;1-2/h5-12H,(H,19,20)(H,21,22);1-2H3. The van der Waals surface area contributed by atoms with Gasteiger partial charge in [-0.05, 0) is 60.4 Å². The lowest BCUT2D eigenvalue weighted by Gasteiger charge is -1.93. The Morgan fingerprint density at radius 1 is 0.667 bits per heavy atom. The number of carbonyl (C=O) groups is 2. The van der Waals surface area contributed by atoms with E-state index in [9.17, 15) is 9.59 Å². The van der Waals surface area contributed by atoms with Gasteiger partial charge in [0.15, 0.2) is 0 Å². The van der Waals surface area contributed by atoms with Crippen LogP contribution < -0.4 is 0 Å². The Morgan fingerprint density at radius 2 is 0.958 bits per heavy atom. The minimum absolute atomic E-state index is 0.204. The molecule has 0 aliphatic heterocycles. The number of hydrogen-bond donors (Lipinski definition) is 2. The zero-order chi connectivity index (χ0) is 17.9. The van der Waals surface area contributed by atoms with Gasteiger partial charge in [0.1, 0.15) is 0 Å². The normalized spacial score (nSPS) is 8.42. The minimum atomic E-state index is -0.982. The summed E-state index contributed by atoms with van der Waals surface area (Å²) in [4.78, 5) is 21.4. The molecule has 0 radical (unpaired) electrons. The topological polar surface area (TPSA) is 74.6 Å². The van der Waals surface area contributed by atoms with Crippen LogP contribution in [0.15, 0.2) is 48.5 Å². The summed E-state index contributed by atoms with van der Waals surface area (Å²) >= 11 is 0. The fraction of sp³-hybridized carbons (Fsp3) is 0.100. The van der Waals surface area contributed by atoms with Crippen LogP contribution in [0.3, 0.4) is 0 Å². The molecule has 0 aliphatic carbocycles. The maximum atomic E-state index is 10.7. The van der Waals surface area contributed by atoms with E-state index in [0.717, 1.165) is 0 Å². The highest BCUT2D eigenvalue weighted by Crippen LogP contribution is 2.04. The highest BCUT2D eigenvalue weighted by molar-refractivity contribution is 5.88. The number of rotatable bonds is 2. The van der Waals surface area contributed by atoms with Crippen molar-refractivity contribution in [1.29, 1.82) is 0 Å². The molecule has 0 fully saturated rings. The molecule has 0 atom stereocenters. The predicted octanol–water partition coefficient (Wildman–Crippen LogP) is 3.51. The lowest BCUT2D eigenvalue weighted by molar-refractivity contribution is 0.0686. The van der Waals surface area contributed by atoms with Crippen molar-refractivity contribution >= 4 is 11.9 Å². The number of aromatic carboxylic acids is 2. The van der Waals surface area contributed by atoms with Gasteiger partial charge in [-0.25, -0.2) is 9.59 Å². The first-order valence-electron chi connectivity index (χ1n) is 7.25. The molecule has 4 heteroatoms. The van der Waals surface area contributed by atoms with E-state index >= 15 is 0 Å². The predicted molar refractivity (Wildman–Crippen MR) is 91.9 cm³/mol. The maximum absolute atomic E-state index is 10.7. The lowest BCUT2D eigenvalue weighted by Crippen LogP contribution is -1.94. The number of carboxylic acid groups (broad SMARTS) is 2. The molecule has 0 amide bonds. The molecule has 0 saturated carbocycles. The van der Waals surface area contributed by atoms with E-state index in [1.54, 1.807) is 24.3 Å². The van der Waals surface area contributed by atoms with Gasteiger partial charge in [0.25, 0.3) is 0 Å². The second kappa shape index (κ2) is 9.50. The van der Waals surface area contributed by atoms with Gasteiger partial charge < -0.3 is 10.2 Å². The SMILES string of the molecule is CC.O=C(O)c1ccc(C#CC#Cc2ccc(C(=O)O)cc2)cc1. The Hall–Kier alpha value is -3.50. The van der Waals surface area contributed by atoms with Gasteiger partial charge in [-0.15, -0.1) is 0 Å². The van der Waals surface area contributed by atoms with Crippen molar-refractivity contribution in [3.63, 3.8) is 0 Å². The Bertz CT molecular complexity index is 750. The van der Waals surface area contributed by atoms with Gasteiger partial charge in [0.2, 0.25) is 0 Å². The molecule has 0 spiro atoms. The van der Waals surface area contributed by atoms with Gasteiger partial charge in [0, 0.05) is 11.1 Å². The zero-order valence-corrected chi connectivity index (χ0v) is 13.3. The zero-order valence-electron chi connectivity index (χ0n) is 13.3. The first-order valence-corrected chi connectivity index (χ1v) is 7.25. The Kier molecular flexibility index (Phi) is 7.34. The molecule has 120 valence electrons. The minimum Gasteiger partial charge on any atom is -0.478 e. The number of carboxylic acids is 2. The molecular formula is C20H16O4. The van der Waals surface area contributed by atoms with Crippen LogP contribution in [0.1, 0.15) is 45.7 Å². The first-order chi connectivity index (χ1) is 11.6. The highest BCUT2D eigenvalue weighted by Gasteiger charge is 2.00. The van der Waals surface area contributed by atoms with Crippen LogP contribution in [-0.4, -0.2) is 22.2 Å². The van der Waals surface area contributed by atoms with Crippen LogP contribution in [0.2, 0.25) is 0 Å². The summed E-state index contributed by atoms with van der Waals surface area (Å²) in [7, 11) is 0. The summed E-state index contributed by atoms with van der Waals surface area (Å²) in [5, 5.41) is 17.5. The third-order valence-electron chi connectivity index (χ3n) is 2.74. The summed E-state index contributed by atoms with van der Waals surface area (Å²) < 4.78 is 0. The fourth-order valence-electron chi connectivity index (χ4n) is 1.60. The molecule has 0 saturated heterocycles. The molecule has 2 aromatic rings. The van der Waals surface area contributed by atoms with Gasteiger partial charge in [-0.2, -0.15) is 0 Å². The van der Waals surface area contributed by atoms with E-state index < -0.39 is 11.9 Å². The maximum Gasteiger partial charge on any atom is 0.335 e. The van der Waals surface area contributed by atoms with Gasteiger partial charge in [-0.1, -0.05) is 25.7 Å². The Balaban J connectivity index is 0.00000139. The Morgan fingerprint density at radius 3 is 1.21 bits per heavy atom. The monoisotopic (exact) mass is 320 g/mol. The fourth-order valence-corrected chi connectivity index (χ4v) is 1.60. The summed E-state index contributed by atoms with van der Waals surface area (Å²) in [5.74, 6) is 8.96. The van der Waals surface area contributed by atoms with Gasteiger partial charge >= 0.3 is 11.9 Å². The van der Waals surface area contributed by atoms with E-state index in [1.807, 2.05) is 13.8 Å². The third kappa shape index (κ3) is 5.71. The molecule has 2 rings (SSSR count). The molecular weight excluding hydrogens is 304 g/mol. The van der Waals surface area contributed by atoms with Crippen LogP contribution in [0.5, 0.6) is 0 Å². The summed E-state index contributed by atoms with van der Waals surface area (Å²) in [6.07, 6.45) is 0. The second-order valence-electron chi connectivity index (χ2n) is 4.27. The Labute approximate surface area is 140 Å². The summed E-state index contributed by atoms with van der Waals surface area (Å²) in [5.41, 5.74) is 1.74. The van der Waals surface area contributed by atoms with Crippen molar-refractivity contribution in [2.45, 2.75) is 13.8 Å². The molecule has 0 bridgehead atoms. The number of hydrogen-bond acceptors (Lipinski definition) is 2. The van der Waals surface area contributed by atoms with E-state index in [0.29, 0.717) is 11.1 Å². The molecule has 2 N–H and O–H groups in total. The van der Waals surface area contributed by atoms with Gasteiger partial charge in [-0.3, -0.25) is 0 Å². The molecule has 0 unspecified atom stereocenters. The van der Waals surface area contributed by atoms with Crippen molar-refractivity contribution in [1.82, 2.24) is 0 Å². The van der Waals surface area contributed by atoms with Gasteiger partial charge in [0.05, 0.1) is 11.1 Å². The van der Waals surface area contributed by atoms with Crippen molar-refractivity contribution < 1.29 is 19.8 Å². The average molecular weight is 320 g/mol. The smallest absolute Gasteiger partial charge is 0.335 e. The largest absolute Gasteiger partial charge is 0.478 e. The second-order valence-corrected chi connectivity index (χ2v) is 4.27. The number of benzene rings is 2. The van der Waals surface area contributed by atoms with E-state index in [4.69, 9.17) is 10.2 Å². The van der Waals surface area contributed by atoms with Crippen molar-refractivity contribution in [2.75, 3.05) is 0 Å². The van der Waals surface area contributed by atoms with E-state index in [1.165, 1.54) is 24.3 Å². The van der Waals surface area contributed by atoms with Crippen molar-refractivity contribution in [2.24, 2.45) is 0 Å². The van der Waals surface area contributed by atoms with E-state index in [2.05, 4.69) is 23.7 Å². The summed E-state index contributed by atoms with van der Waals surface area (Å²) in [6.45, 7) is 4.00. The van der Waals surface area contributed by atoms with Crippen LogP contribution in [-0.2, 0) is 0 Å². The van der Waals surface area contributed by atoms with Crippen molar-refractivity contribution in [3.05, 3.63) is 70.8 Å². The van der Waals surface area contributed by atoms with E-state index in [-0.39, 0.29) is 11.1 Å². The van der Waals surface area contributed by atoms with Crippen LogP contribution >= 0.6 is 0 Å². The highest BCUT2D eigenvalue weighted by atomic mass is 16.4. The average Bonchev–Trinajstić information content (AvgIpc) is 2.61. The van der Waals surface area contributed by atoms with Crippen LogP contribution in [0.25, 0.3) is 0 Å². The van der Waals surface area contributed by atoms with Crippen LogP contribution in [0.4, 0.5) is 0 Å². The molecule has 0 heterocycles.